The van der Waals surface area contributed by atoms with Gasteiger partial charge in [0.05, 0.1) is 16.4 Å². The maximum absolute atomic E-state index is 6.19. The molecule has 1 aromatic carbocycles. The fourth-order valence-corrected chi connectivity index (χ4v) is 2.56. The first-order valence-electron chi connectivity index (χ1n) is 5.47. The summed E-state index contributed by atoms with van der Waals surface area (Å²) in [5, 5.41) is 0.768. The number of hydrogen-bond donors (Lipinski definition) is 1. The molecule has 0 radical (unpaired) electrons. The van der Waals surface area contributed by atoms with Crippen molar-refractivity contribution >= 4 is 23.0 Å². The zero-order valence-corrected chi connectivity index (χ0v) is 9.80. The average Bonchev–Trinajstić information content (AvgIpc) is 2.17. The van der Waals surface area contributed by atoms with Gasteiger partial charge in [-0.1, -0.05) is 24.6 Å². The summed E-state index contributed by atoms with van der Waals surface area (Å²) in [6, 6.07) is 5.72. The number of piperidine rings is 1. The first-order chi connectivity index (χ1) is 7.18. The number of nitrogens with two attached hydrogens (primary N) is 1. The molecule has 1 heterocycles. The second-order valence-corrected chi connectivity index (χ2v) is 4.78. The summed E-state index contributed by atoms with van der Waals surface area (Å²) in [5.74, 6) is 0.731. The van der Waals surface area contributed by atoms with Crippen LogP contribution in [0.5, 0.6) is 0 Å². The molecule has 0 saturated carbocycles. The van der Waals surface area contributed by atoms with Gasteiger partial charge in [0.15, 0.2) is 0 Å². The molecule has 0 spiro atoms. The van der Waals surface area contributed by atoms with Crippen molar-refractivity contribution in [2.75, 3.05) is 23.7 Å². The SMILES string of the molecule is C[C@H]1CCCN(c2c(N)cccc2Cl)C1. The summed E-state index contributed by atoms with van der Waals surface area (Å²) in [5.41, 5.74) is 7.78. The molecule has 0 bridgehead atoms. The van der Waals surface area contributed by atoms with Crippen LogP contribution in [0, 0.1) is 5.92 Å². The molecule has 2 N–H and O–H groups in total. The van der Waals surface area contributed by atoms with E-state index in [9.17, 15) is 0 Å². The van der Waals surface area contributed by atoms with Gasteiger partial charge in [-0.25, -0.2) is 0 Å². The highest BCUT2D eigenvalue weighted by molar-refractivity contribution is 6.34. The molecule has 1 saturated heterocycles. The van der Waals surface area contributed by atoms with E-state index in [-0.39, 0.29) is 0 Å². The molecular formula is C12H17ClN2. The lowest BCUT2D eigenvalue weighted by Gasteiger charge is -2.34. The second kappa shape index (κ2) is 4.31. The van der Waals surface area contributed by atoms with Crippen molar-refractivity contribution in [3.8, 4) is 0 Å². The number of para-hydroxylation sites is 1. The predicted molar refractivity (Wildman–Crippen MR) is 66.5 cm³/mol. The number of anilines is 2. The van der Waals surface area contributed by atoms with Gasteiger partial charge in [-0.3, -0.25) is 0 Å². The van der Waals surface area contributed by atoms with Gasteiger partial charge in [0, 0.05) is 13.1 Å². The molecule has 1 fully saturated rings. The lowest BCUT2D eigenvalue weighted by Crippen LogP contribution is -2.34. The largest absolute Gasteiger partial charge is 0.397 e. The maximum atomic E-state index is 6.19. The van der Waals surface area contributed by atoms with Crippen molar-refractivity contribution in [3.63, 3.8) is 0 Å². The normalized spacial score (nSPS) is 21.7. The van der Waals surface area contributed by atoms with E-state index in [2.05, 4.69) is 11.8 Å². The molecule has 2 rings (SSSR count). The molecular weight excluding hydrogens is 208 g/mol. The van der Waals surface area contributed by atoms with Crippen molar-refractivity contribution in [2.24, 2.45) is 5.92 Å². The highest BCUT2D eigenvalue weighted by atomic mass is 35.5. The van der Waals surface area contributed by atoms with Crippen molar-refractivity contribution in [1.29, 1.82) is 0 Å². The standard InChI is InChI=1S/C12H17ClN2/c1-9-4-3-7-15(8-9)12-10(13)5-2-6-11(12)14/h2,5-6,9H,3-4,7-8,14H2,1H3/t9-/m0/s1. The van der Waals surface area contributed by atoms with Crippen LogP contribution < -0.4 is 10.6 Å². The quantitative estimate of drug-likeness (QED) is 0.743. The van der Waals surface area contributed by atoms with Gasteiger partial charge in [-0.15, -0.1) is 0 Å². The van der Waals surface area contributed by atoms with Crippen LogP contribution in [-0.2, 0) is 0 Å². The third-order valence-electron chi connectivity index (χ3n) is 2.99. The van der Waals surface area contributed by atoms with Crippen LogP contribution in [-0.4, -0.2) is 13.1 Å². The van der Waals surface area contributed by atoms with Crippen molar-refractivity contribution in [2.45, 2.75) is 19.8 Å². The van der Waals surface area contributed by atoms with Crippen LogP contribution >= 0.6 is 11.6 Å². The number of halogens is 1. The van der Waals surface area contributed by atoms with Gasteiger partial charge in [0.1, 0.15) is 0 Å². The Balaban J connectivity index is 2.28. The molecule has 82 valence electrons. The van der Waals surface area contributed by atoms with Crippen LogP contribution in [0.2, 0.25) is 5.02 Å². The van der Waals surface area contributed by atoms with Gasteiger partial charge >= 0.3 is 0 Å². The molecule has 1 aliphatic rings. The molecule has 1 atom stereocenters. The van der Waals surface area contributed by atoms with Crippen LogP contribution in [0.25, 0.3) is 0 Å². The van der Waals surface area contributed by atoms with Crippen molar-refractivity contribution in [3.05, 3.63) is 23.2 Å². The summed E-state index contributed by atoms with van der Waals surface area (Å²) < 4.78 is 0. The first-order valence-corrected chi connectivity index (χ1v) is 5.85. The number of nitrogens with zero attached hydrogens (tertiary/aromatic N) is 1. The molecule has 1 aromatic rings. The van der Waals surface area contributed by atoms with E-state index < -0.39 is 0 Å². The van der Waals surface area contributed by atoms with Gasteiger partial charge in [0.25, 0.3) is 0 Å². The fraction of sp³-hybridized carbons (Fsp3) is 0.500. The second-order valence-electron chi connectivity index (χ2n) is 4.37. The smallest absolute Gasteiger partial charge is 0.0789 e. The molecule has 0 aromatic heterocycles. The number of rotatable bonds is 1. The maximum Gasteiger partial charge on any atom is 0.0789 e. The molecule has 0 unspecified atom stereocenters. The molecule has 0 aliphatic carbocycles. The van der Waals surface area contributed by atoms with Gasteiger partial charge in [-0.2, -0.15) is 0 Å². The van der Waals surface area contributed by atoms with E-state index in [1.54, 1.807) is 0 Å². The summed E-state index contributed by atoms with van der Waals surface area (Å²) >= 11 is 6.19. The van der Waals surface area contributed by atoms with E-state index in [0.717, 1.165) is 35.4 Å². The van der Waals surface area contributed by atoms with Crippen LogP contribution in [0.1, 0.15) is 19.8 Å². The minimum Gasteiger partial charge on any atom is -0.397 e. The summed E-state index contributed by atoms with van der Waals surface area (Å²) in [6.45, 7) is 4.41. The minimum atomic E-state index is 0.731. The fourth-order valence-electron chi connectivity index (χ4n) is 2.26. The number of benzene rings is 1. The molecule has 0 amide bonds. The average molecular weight is 225 g/mol. The highest BCUT2D eigenvalue weighted by Crippen LogP contribution is 2.34. The minimum absolute atomic E-state index is 0.731. The Kier molecular flexibility index (Phi) is 3.06. The lowest BCUT2D eigenvalue weighted by atomic mass is 9.99. The van der Waals surface area contributed by atoms with E-state index >= 15 is 0 Å². The third-order valence-corrected chi connectivity index (χ3v) is 3.30. The topological polar surface area (TPSA) is 29.3 Å². The van der Waals surface area contributed by atoms with E-state index in [0.29, 0.717) is 0 Å². The molecule has 15 heavy (non-hydrogen) atoms. The highest BCUT2D eigenvalue weighted by Gasteiger charge is 2.19. The van der Waals surface area contributed by atoms with Crippen LogP contribution in [0.4, 0.5) is 11.4 Å². The van der Waals surface area contributed by atoms with Crippen LogP contribution in [0.15, 0.2) is 18.2 Å². The summed E-state index contributed by atoms with van der Waals surface area (Å²) in [4.78, 5) is 2.31. The Morgan fingerprint density at radius 3 is 2.93 bits per heavy atom. The van der Waals surface area contributed by atoms with Gasteiger partial charge < -0.3 is 10.6 Å². The van der Waals surface area contributed by atoms with E-state index in [1.165, 1.54) is 12.8 Å². The Morgan fingerprint density at radius 1 is 1.47 bits per heavy atom. The predicted octanol–water partition coefficient (Wildman–Crippen LogP) is 3.16. The Morgan fingerprint density at radius 2 is 2.27 bits per heavy atom. The Hall–Kier alpha value is -0.890. The van der Waals surface area contributed by atoms with Crippen molar-refractivity contribution in [1.82, 2.24) is 0 Å². The lowest BCUT2D eigenvalue weighted by molar-refractivity contribution is 0.447. The number of hydrogen-bond acceptors (Lipinski definition) is 2. The molecule has 1 aliphatic heterocycles. The van der Waals surface area contributed by atoms with Gasteiger partial charge in [0.2, 0.25) is 0 Å². The zero-order valence-electron chi connectivity index (χ0n) is 9.04. The van der Waals surface area contributed by atoms with Crippen molar-refractivity contribution < 1.29 is 0 Å². The number of nitrogen functional groups attached to an aromatic ring is 1. The summed E-state index contributed by atoms with van der Waals surface area (Å²) in [7, 11) is 0. The van der Waals surface area contributed by atoms with E-state index in [4.69, 9.17) is 17.3 Å². The van der Waals surface area contributed by atoms with Gasteiger partial charge in [-0.05, 0) is 30.9 Å². The third kappa shape index (κ3) is 2.20. The summed E-state index contributed by atoms with van der Waals surface area (Å²) in [6.07, 6.45) is 2.53. The zero-order chi connectivity index (χ0) is 10.8. The molecule has 3 heteroatoms. The molecule has 2 nitrogen and oxygen atoms in total. The Bertz CT molecular complexity index is 331. The van der Waals surface area contributed by atoms with Crippen LogP contribution in [0.3, 0.4) is 0 Å². The monoisotopic (exact) mass is 224 g/mol. The Labute approximate surface area is 96.0 Å². The van der Waals surface area contributed by atoms with E-state index in [1.807, 2.05) is 18.2 Å². The first kappa shape index (κ1) is 10.6.